The molecule has 1 aromatic rings. The Morgan fingerprint density at radius 1 is 1.06 bits per heavy atom. The van der Waals surface area contributed by atoms with Crippen LogP contribution in [-0.2, 0) is 18.9 Å². The van der Waals surface area contributed by atoms with Crippen molar-refractivity contribution in [3.63, 3.8) is 0 Å². The summed E-state index contributed by atoms with van der Waals surface area (Å²) in [4.78, 5) is 12.3. The Bertz CT molecular complexity index is 864. The van der Waals surface area contributed by atoms with Crippen molar-refractivity contribution in [1.29, 1.82) is 0 Å². The van der Waals surface area contributed by atoms with Gasteiger partial charge in [-0.05, 0) is 48.3 Å². The molecule has 10 nitrogen and oxygen atoms in total. The first-order chi connectivity index (χ1) is 15.4. The van der Waals surface area contributed by atoms with Gasteiger partial charge in [0, 0.05) is 0 Å². The van der Waals surface area contributed by atoms with Gasteiger partial charge in [0.05, 0.1) is 24.4 Å². The van der Waals surface area contributed by atoms with E-state index in [-0.39, 0.29) is 24.2 Å². The van der Waals surface area contributed by atoms with E-state index in [2.05, 4.69) is 0 Å². The molecule has 0 amide bonds. The number of aliphatic hydroxyl groups is 4. The lowest BCUT2D eigenvalue weighted by atomic mass is 9.89. The largest absolute Gasteiger partial charge is 0.508 e. The van der Waals surface area contributed by atoms with Crippen molar-refractivity contribution in [3.05, 3.63) is 53.8 Å². The van der Waals surface area contributed by atoms with Gasteiger partial charge in [0.15, 0.2) is 6.29 Å². The van der Waals surface area contributed by atoms with Gasteiger partial charge in [0.1, 0.15) is 36.8 Å². The molecule has 5 N–H and O–H groups in total. The summed E-state index contributed by atoms with van der Waals surface area (Å²) in [5.74, 6) is -0.823. The number of allylic oxidation sites excluding steroid dienone is 2. The molecule has 1 aromatic carbocycles. The number of phenols is 1. The molecular weight excluding hydrogens is 424 g/mol. The summed E-state index contributed by atoms with van der Waals surface area (Å²) in [6.07, 6.45) is -2.01. The average molecular weight is 450 g/mol. The molecule has 10 heteroatoms. The summed E-state index contributed by atoms with van der Waals surface area (Å²) in [7, 11) is 0. The molecule has 32 heavy (non-hydrogen) atoms. The molecule has 0 spiro atoms. The van der Waals surface area contributed by atoms with Crippen molar-refractivity contribution in [3.8, 4) is 5.75 Å². The first-order valence-corrected chi connectivity index (χ1v) is 10.3. The van der Waals surface area contributed by atoms with E-state index in [1.165, 1.54) is 30.5 Å². The second-order valence-electron chi connectivity index (χ2n) is 7.99. The third-order valence-corrected chi connectivity index (χ3v) is 5.96. The standard InChI is InChI=1S/C22H26O10/c23-9-15-17(25)18(26)19(27)22(31-15)32-21-16-11(7-8-29-21)1-2-13(16)10-30-20(28)12-3-5-14(24)6-4-12/h2-8,11,15-19,21-27H,1,9-10H2/t11-,15-,16+,17-,18+,19-,21?,22+/m1/s1. The fraction of sp³-hybridized carbons (Fsp3) is 0.500. The highest BCUT2D eigenvalue weighted by molar-refractivity contribution is 5.89. The second-order valence-corrected chi connectivity index (χ2v) is 7.99. The van der Waals surface area contributed by atoms with E-state index >= 15 is 0 Å². The summed E-state index contributed by atoms with van der Waals surface area (Å²) < 4.78 is 22.2. The Morgan fingerprint density at radius 3 is 2.53 bits per heavy atom. The fourth-order valence-corrected chi connectivity index (χ4v) is 4.14. The minimum Gasteiger partial charge on any atom is -0.508 e. The van der Waals surface area contributed by atoms with Crippen molar-refractivity contribution < 1.29 is 49.3 Å². The molecule has 8 atom stereocenters. The number of carbonyl (C=O) groups is 1. The van der Waals surface area contributed by atoms with E-state index in [4.69, 9.17) is 18.9 Å². The van der Waals surface area contributed by atoms with Gasteiger partial charge in [-0.1, -0.05) is 6.08 Å². The highest BCUT2D eigenvalue weighted by atomic mass is 16.8. The quantitative estimate of drug-likeness (QED) is 0.291. The van der Waals surface area contributed by atoms with Gasteiger partial charge in [-0.25, -0.2) is 4.79 Å². The smallest absolute Gasteiger partial charge is 0.338 e. The first kappa shape index (κ1) is 22.7. The normalized spacial score (nSPS) is 36.2. The van der Waals surface area contributed by atoms with Crippen LogP contribution in [0.4, 0.5) is 0 Å². The number of phenolic OH excluding ortho intramolecular Hbond substituents is 1. The molecule has 0 bridgehead atoms. The van der Waals surface area contributed by atoms with Crippen LogP contribution < -0.4 is 0 Å². The van der Waals surface area contributed by atoms with Crippen LogP contribution in [0, 0.1) is 11.8 Å². The Morgan fingerprint density at radius 2 is 1.81 bits per heavy atom. The van der Waals surface area contributed by atoms with Gasteiger partial charge in [0.25, 0.3) is 0 Å². The predicted octanol–water partition coefficient (Wildman–Crippen LogP) is -0.202. The lowest BCUT2D eigenvalue weighted by Gasteiger charge is -2.42. The van der Waals surface area contributed by atoms with Crippen LogP contribution in [0.15, 0.2) is 48.3 Å². The number of esters is 1. The maximum Gasteiger partial charge on any atom is 0.338 e. The van der Waals surface area contributed by atoms with Gasteiger partial charge in [-0.3, -0.25) is 0 Å². The van der Waals surface area contributed by atoms with Crippen LogP contribution in [0.2, 0.25) is 0 Å². The Balaban J connectivity index is 1.42. The second kappa shape index (κ2) is 9.57. The van der Waals surface area contributed by atoms with E-state index in [0.29, 0.717) is 12.0 Å². The van der Waals surface area contributed by atoms with Crippen LogP contribution >= 0.6 is 0 Å². The number of benzene rings is 1. The van der Waals surface area contributed by atoms with Crippen molar-refractivity contribution in [2.45, 2.75) is 43.4 Å². The summed E-state index contributed by atoms with van der Waals surface area (Å²) in [5, 5.41) is 48.9. The molecule has 3 aliphatic rings. The van der Waals surface area contributed by atoms with E-state index in [9.17, 15) is 30.3 Å². The fourth-order valence-electron chi connectivity index (χ4n) is 4.14. The van der Waals surface area contributed by atoms with Crippen LogP contribution in [0.25, 0.3) is 0 Å². The Kier molecular flexibility index (Phi) is 6.79. The molecule has 2 aliphatic heterocycles. The number of carbonyl (C=O) groups excluding carboxylic acids is 1. The van der Waals surface area contributed by atoms with E-state index in [1.54, 1.807) is 0 Å². The zero-order valence-corrected chi connectivity index (χ0v) is 17.1. The summed E-state index contributed by atoms with van der Waals surface area (Å²) >= 11 is 0. The SMILES string of the molecule is O=C(OCC1=CC[C@@H]2C=COC(O[C@@H]3O[C@H](CO)[C@@H](O)[C@H](O)[C@H]3O)[C@H]12)c1ccc(O)cc1. The maximum absolute atomic E-state index is 12.3. The van der Waals surface area contributed by atoms with E-state index < -0.39 is 49.6 Å². The number of ether oxygens (including phenoxy) is 4. The van der Waals surface area contributed by atoms with Gasteiger partial charge >= 0.3 is 5.97 Å². The third kappa shape index (κ3) is 4.51. The van der Waals surface area contributed by atoms with Crippen LogP contribution in [0.1, 0.15) is 16.8 Å². The topological polar surface area (TPSA) is 155 Å². The number of fused-ring (bicyclic) bond motifs is 1. The van der Waals surface area contributed by atoms with Crippen molar-refractivity contribution >= 4 is 5.97 Å². The monoisotopic (exact) mass is 450 g/mol. The molecule has 0 aromatic heterocycles. The van der Waals surface area contributed by atoms with Gasteiger partial charge in [-0.2, -0.15) is 0 Å². The highest BCUT2D eigenvalue weighted by Gasteiger charge is 2.47. The minimum atomic E-state index is -1.56. The lowest BCUT2D eigenvalue weighted by molar-refractivity contribution is -0.339. The summed E-state index contributed by atoms with van der Waals surface area (Å²) in [6, 6.07) is 5.71. The third-order valence-electron chi connectivity index (χ3n) is 5.96. The molecule has 0 saturated carbocycles. The average Bonchev–Trinajstić information content (AvgIpc) is 3.22. The summed E-state index contributed by atoms with van der Waals surface area (Å²) in [5.41, 5.74) is 1.06. The number of rotatable bonds is 6. The zero-order valence-electron chi connectivity index (χ0n) is 17.1. The van der Waals surface area contributed by atoms with Crippen molar-refractivity contribution in [2.75, 3.05) is 13.2 Å². The van der Waals surface area contributed by atoms with Crippen molar-refractivity contribution in [1.82, 2.24) is 0 Å². The highest BCUT2D eigenvalue weighted by Crippen LogP contribution is 2.41. The van der Waals surface area contributed by atoms with Gasteiger partial charge in [-0.15, -0.1) is 0 Å². The van der Waals surface area contributed by atoms with E-state index in [1.807, 2.05) is 12.2 Å². The molecule has 1 aliphatic carbocycles. The van der Waals surface area contributed by atoms with Gasteiger partial charge < -0.3 is 44.5 Å². The first-order valence-electron chi connectivity index (χ1n) is 10.3. The minimum absolute atomic E-state index is 0.00732. The predicted molar refractivity (Wildman–Crippen MR) is 107 cm³/mol. The zero-order chi connectivity index (χ0) is 22.8. The molecule has 1 unspecified atom stereocenters. The number of hydrogen-bond donors (Lipinski definition) is 5. The molecule has 174 valence electrons. The van der Waals surface area contributed by atoms with Crippen molar-refractivity contribution in [2.24, 2.45) is 11.8 Å². The summed E-state index contributed by atoms with van der Waals surface area (Å²) in [6.45, 7) is -0.576. The molecule has 4 rings (SSSR count). The molecule has 1 saturated heterocycles. The lowest BCUT2D eigenvalue weighted by Crippen LogP contribution is -2.60. The molecule has 2 heterocycles. The molecule has 1 fully saturated rings. The van der Waals surface area contributed by atoms with Crippen LogP contribution in [-0.4, -0.2) is 81.7 Å². The molecule has 0 radical (unpaired) electrons. The van der Waals surface area contributed by atoms with Crippen LogP contribution in [0.3, 0.4) is 0 Å². The molecular formula is C22H26O10. The number of hydrogen-bond acceptors (Lipinski definition) is 10. The Labute approximate surface area is 183 Å². The van der Waals surface area contributed by atoms with E-state index in [0.717, 1.165) is 5.57 Å². The van der Waals surface area contributed by atoms with Crippen LogP contribution in [0.5, 0.6) is 5.75 Å². The Hall–Kier alpha value is -2.47. The van der Waals surface area contributed by atoms with Gasteiger partial charge in [0.2, 0.25) is 6.29 Å². The number of aliphatic hydroxyl groups excluding tert-OH is 4. The maximum atomic E-state index is 12.3. The number of aromatic hydroxyl groups is 1.